The summed E-state index contributed by atoms with van der Waals surface area (Å²) in [5, 5.41) is 0. The van der Waals surface area contributed by atoms with Gasteiger partial charge in [-0.3, -0.25) is 4.79 Å². The molecule has 5 heteroatoms. The number of ether oxygens (including phenoxy) is 3. The average molecular weight is 314 g/mol. The van der Waals surface area contributed by atoms with E-state index in [-0.39, 0.29) is 5.78 Å². The highest BCUT2D eigenvalue weighted by Crippen LogP contribution is 2.28. The molecule has 0 heterocycles. The largest absolute Gasteiger partial charge is 0.493 e. The third-order valence-corrected chi connectivity index (χ3v) is 3.33. The molecule has 0 aliphatic heterocycles. The van der Waals surface area contributed by atoms with Gasteiger partial charge in [-0.1, -0.05) is 18.2 Å². The quantitative estimate of drug-likeness (QED) is 0.605. The SMILES string of the molecule is COc1ccc(C(=O)C(C)OC(=O)c2ccccc2)cc1OC. The first kappa shape index (κ1) is 16.5. The second-order valence-electron chi connectivity index (χ2n) is 4.85. The minimum atomic E-state index is -0.902. The molecule has 2 aromatic rings. The van der Waals surface area contributed by atoms with Gasteiger partial charge >= 0.3 is 5.97 Å². The van der Waals surface area contributed by atoms with Crippen LogP contribution in [0.1, 0.15) is 27.6 Å². The van der Waals surface area contributed by atoms with Crippen LogP contribution in [0.25, 0.3) is 0 Å². The fourth-order valence-electron chi connectivity index (χ4n) is 2.08. The predicted octanol–water partition coefficient (Wildman–Crippen LogP) is 3.13. The summed E-state index contributed by atoms with van der Waals surface area (Å²) >= 11 is 0. The van der Waals surface area contributed by atoms with E-state index in [4.69, 9.17) is 14.2 Å². The van der Waals surface area contributed by atoms with Crippen molar-refractivity contribution < 1.29 is 23.8 Å². The van der Waals surface area contributed by atoms with E-state index >= 15 is 0 Å². The second-order valence-corrected chi connectivity index (χ2v) is 4.85. The molecular weight excluding hydrogens is 296 g/mol. The Morgan fingerprint density at radius 3 is 2.13 bits per heavy atom. The van der Waals surface area contributed by atoms with Crippen molar-refractivity contribution in [3.05, 3.63) is 59.7 Å². The molecule has 0 aromatic heterocycles. The number of hydrogen-bond acceptors (Lipinski definition) is 5. The number of carbonyl (C=O) groups is 2. The minimum Gasteiger partial charge on any atom is -0.493 e. The molecule has 1 unspecified atom stereocenters. The molecule has 0 bridgehead atoms. The van der Waals surface area contributed by atoms with Gasteiger partial charge in [0, 0.05) is 5.56 Å². The molecule has 0 aliphatic carbocycles. The Morgan fingerprint density at radius 2 is 1.52 bits per heavy atom. The molecule has 0 saturated carbocycles. The van der Waals surface area contributed by atoms with Gasteiger partial charge in [-0.25, -0.2) is 4.79 Å². The zero-order valence-corrected chi connectivity index (χ0v) is 13.2. The van der Waals surface area contributed by atoms with Crippen molar-refractivity contribution in [1.82, 2.24) is 0 Å². The van der Waals surface area contributed by atoms with Gasteiger partial charge in [-0.05, 0) is 37.3 Å². The molecular formula is C18H18O5. The standard InChI is InChI=1S/C18H18O5/c1-12(23-18(20)13-7-5-4-6-8-13)17(19)14-9-10-15(21-2)16(11-14)22-3/h4-12H,1-3H3. The van der Waals surface area contributed by atoms with E-state index in [1.807, 2.05) is 0 Å². The lowest BCUT2D eigenvalue weighted by Gasteiger charge is -2.14. The van der Waals surface area contributed by atoms with Crippen LogP contribution in [0.3, 0.4) is 0 Å². The number of esters is 1. The number of hydrogen-bond donors (Lipinski definition) is 0. The van der Waals surface area contributed by atoms with Crippen molar-refractivity contribution in [3.8, 4) is 11.5 Å². The number of carbonyl (C=O) groups excluding carboxylic acids is 2. The van der Waals surface area contributed by atoms with Crippen molar-refractivity contribution in [2.45, 2.75) is 13.0 Å². The summed E-state index contributed by atoms with van der Waals surface area (Å²) < 4.78 is 15.5. The topological polar surface area (TPSA) is 61.8 Å². The highest BCUT2D eigenvalue weighted by molar-refractivity contribution is 6.01. The third kappa shape index (κ3) is 3.88. The highest BCUT2D eigenvalue weighted by Gasteiger charge is 2.21. The summed E-state index contributed by atoms with van der Waals surface area (Å²) in [6.45, 7) is 1.54. The molecule has 23 heavy (non-hydrogen) atoms. The summed E-state index contributed by atoms with van der Waals surface area (Å²) in [5.41, 5.74) is 0.787. The van der Waals surface area contributed by atoms with Crippen LogP contribution in [0, 0.1) is 0 Å². The first-order chi connectivity index (χ1) is 11.1. The molecule has 2 aromatic carbocycles. The summed E-state index contributed by atoms with van der Waals surface area (Å²) in [5.74, 6) is 0.125. The fraction of sp³-hybridized carbons (Fsp3) is 0.222. The van der Waals surface area contributed by atoms with E-state index in [9.17, 15) is 9.59 Å². The Hall–Kier alpha value is -2.82. The predicted molar refractivity (Wildman–Crippen MR) is 85.2 cm³/mol. The molecule has 0 N–H and O–H groups in total. The summed E-state index contributed by atoms with van der Waals surface area (Å²) in [7, 11) is 3.01. The Balaban J connectivity index is 2.12. The van der Waals surface area contributed by atoms with Gasteiger partial charge in [0.1, 0.15) is 0 Å². The molecule has 0 fully saturated rings. The molecule has 0 spiro atoms. The number of methoxy groups -OCH3 is 2. The van der Waals surface area contributed by atoms with Crippen LogP contribution in [0.2, 0.25) is 0 Å². The Morgan fingerprint density at radius 1 is 0.870 bits per heavy atom. The molecule has 0 aliphatic rings. The van der Waals surface area contributed by atoms with Gasteiger partial charge in [0.25, 0.3) is 0 Å². The van der Waals surface area contributed by atoms with E-state index in [2.05, 4.69) is 0 Å². The number of rotatable bonds is 6. The van der Waals surface area contributed by atoms with Crippen molar-refractivity contribution in [2.24, 2.45) is 0 Å². The van der Waals surface area contributed by atoms with Gasteiger partial charge in [-0.15, -0.1) is 0 Å². The molecule has 0 amide bonds. The average Bonchev–Trinajstić information content (AvgIpc) is 2.61. The zero-order valence-electron chi connectivity index (χ0n) is 13.2. The van der Waals surface area contributed by atoms with Crippen LogP contribution in [-0.2, 0) is 4.74 Å². The van der Waals surface area contributed by atoms with Crippen LogP contribution in [0.5, 0.6) is 11.5 Å². The number of ketones is 1. The van der Waals surface area contributed by atoms with Gasteiger partial charge in [0.15, 0.2) is 17.6 Å². The smallest absolute Gasteiger partial charge is 0.338 e. The normalized spacial score (nSPS) is 11.4. The molecule has 5 nitrogen and oxygen atoms in total. The van der Waals surface area contributed by atoms with Crippen molar-refractivity contribution in [3.63, 3.8) is 0 Å². The number of benzene rings is 2. The van der Waals surface area contributed by atoms with E-state index in [1.54, 1.807) is 55.5 Å². The highest BCUT2D eigenvalue weighted by atomic mass is 16.5. The monoisotopic (exact) mass is 314 g/mol. The molecule has 2 rings (SSSR count). The van der Waals surface area contributed by atoms with Gasteiger partial charge in [0.05, 0.1) is 19.8 Å². The second kappa shape index (κ2) is 7.45. The Labute approximate surface area is 134 Å². The van der Waals surface area contributed by atoms with E-state index in [1.165, 1.54) is 14.2 Å². The van der Waals surface area contributed by atoms with E-state index in [0.29, 0.717) is 22.6 Å². The summed E-state index contributed by atoms with van der Waals surface area (Å²) in [6.07, 6.45) is -0.902. The van der Waals surface area contributed by atoms with Gasteiger partial charge in [-0.2, -0.15) is 0 Å². The maximum atomic E-state index is 12.4. The van der Waals surface area contributed by atoms with Crippen LogP contribution >= 0.6 is 0 Å². The molecule has 120 valence electrons. The number of Topliss-reactive ketones (excluding diaryl/α,β-unsaturated/α-hetero) is 1. The summed E-state index contributed by atoms with van der Waals surface area (Å²) in [6, 6.07) is 13.3. The lowest BCUT2D eigenvalue weighted by Crippen LogP contribution is -2.24. The van der Waals surface area contributed by atoms with E-state index in [0.717, 1.165) is 0 Å². The maximum absolute atomic E-state index is 12.4. The fourth-order valence-corrected chi connectivity index (χ4v) is 2.08. The Bertz CT molecular complexity index is 694. The first-order valence-electron chi connectivity index (χ1n) is 7.09. The molecule has 1 atom stereocenters. The van der Waals surface area contributed by atoms with Crippen molar-refractivity contribution in [2.75, 3.05) is 14.2 Å². The van der Waals surface area contributed by atoms with Crippen molar-refractivity contribution in [1.29, 1.82) is 0 Å². The van der Waals surface area contributed by atoms with Gasteiger partial charge in [0.2, 0.25) is 5.78 Å². The lowest BCUT2D eigenvalue weighted by atomic mass is 10.1. The van der Waals surface area contributed by atoms with Crippen LogP contribution in [-0.4, -0.2) is 32.1 Å². The van der Waals surface area contributed by atoms with Crippen LogP contribution in [0.15, 0.2) is 48.5 Å². The van der Waals surface area contributed by atoms with Crippen molar-refractivity contribution >= 4 is 11.8 Å². The van der Waals surface area contributed by atoms with Gasteiger partial charge < -0.3 is 14.2 Å². The minimum absolute atomic E-state index is 0.310. The zero-order chi connectivity index (χ0) is 16.8. The molecule has 0 saturated heterocycles. The lowest BCUT2D eigenvalue weighted by molar-refractivity contribution is 0.0318. The maximum Gasteiger partial charge on any atom is 0.338 e. The first-order valence-corrected chi connectivity index (χ1v) is 7.09. The molecule has 0 radical (unpaired) electrons. The van der Waals surface area contributed by atoms with E-state index < -0.39 is 12.1 Å². The van der Waals surface area contributed by atoms with Crippen LogP contribution in [0.4, 0.5) is 0 Å². The third-order valence-electron chi connectivity index (χ3n) is 3.33. The Kier molecular flexibility index (Phi) is 5.36. The van der Waals surface area contributed by atoms with Crippen LogP contribution < -0.4 is 9.47 Å². The summed E-state index contributed by atoms with van der Waals surface area (Å²) in [4.78, 5) is 24.4.